The number of thioether (sulfide) groups is 1. The third kappa shape index (κ3) is 3.58. The third-order valence-electron chi connectivity index (χ3n) is 8.83. The minimum absolute atomic E-state index is 0.0129. The van der Waals surface area contributed by atoms with Crippen LogP contribution in [0.25, 0.3) is 0 Å². The van der Waals surface area contributed by atoms with E-state index in [9.17, 15) is 29.7 Å². The van der Waals surface area contributed by atoms with Gasteiger partial charge in [0, 0.05) is 28.4 Å². The van der Waals surface area contributed by atoms with E-state index in [1.165, 1.54) is 11.8 Å². The molecule has 0 aromatic heterocycles. The number of benzene rings is 1. The van der Waals surface area contributed by atoms with E-state index >= 15 is 0 Å². The first-order chi connectivity index (χ1) is 16.9. The number of allylic oxidation sites excluding steroid dienone is 2. The molecule has 3 aliphatic carbocycles. The first-order valence-corrected chi connectivity index (χ1v) is 13.2. The topological polar surface area (TPSA) is 133 Å². The van der Waals surface area contributed by atoms with Crippen molar-refractivity contribution in [1.29, 1.82) is 0 Å². The number of carbonyl (C=O) groups is 3. The van der Waals surface area contributed by atoms with Crippen LogP contribution in [0.2, 0.25) is 0 Å². The lowest BCUT2D eigenvalue weighted by molar-refractivity contribution is -0.169. The number of phenolic OH excluding ortho intramolecular Hbond substituents is 1. The van der Waals surface area contributed by atoms with E-state index in [2.05, 4.69) is 24.9 Å². The molecule has 4 fully saturated rings. The monoisotopic (exact) mass is 513 g/mol. The molecule has 8 nitrogen and oxygen atoms in total. The van der Waals surface area contributed by atoms with Gasteiger partial charge in [-0.3, -0.25) is 9.59 Å². The Hall–Kier alpha value is -2.78. The van der Waals surface area contributed by atoms with Crippen LogP contribution in [-0.4, -0.2) is 50.4 Å². The Morgan fingerprint density at radius 2 is 2.06 bits per heavy atom. The Balaban J connectivity index is 1.41. The fourth-order valence-corrected chi connectivity index (χ4v) is 8.45. The number of hydrogen-bond donors (Lipinski definition) is 4. The van der Waals surface area contributed by atoms with Gasteiger partial charge in [-0.2, -0.15) is 0 Å². The van der Waals surface area contributed by atoms with E-state index in [4.69, 9.17) is 4.74 Å². The number of carboxylic acid groups (broad SMARTS) is 1. The van der Waals surface area contributed by atoms with Gasteiger partial charge in [0.05, 0.1) is 11.7 Å². The molecule has 1 aromatic rings. The first kappa shape index (κ1) is 24.9. The molecule has 0 radical (unpaired) electrons. The van der Waals surface area contributed by atoms with E-state index in [1.54, 1.807) is 6.08 Å². The van der Waals surface area contributed by atoms with Crippen LogP contribution >= 0.6 is 11.8 Å². The predicted molar refractivity (Wildman–Crippen MR) is 135 cm³/mol. The molecule has 4 N–H and O–H groups in total. The second-order valence-electron chi connectivity index (χ2n) is 11.1. The second kappa shape index (κ2) is 8.38. The maximum atomic E-state index is 13.9. The summed E-state index contributed by atoms with van der Waals surface area (Å²) in [5, 5.41) is 32.0. The molecule has 6 rings (SSSR count). The molecule has 2 saturated heterocycles. The Kier molecular flexibility index (Phi) is 5.79. The summed E-state index contributed by atoms with van der Waals surface area (Å²) in [4.78, 5) is 38.9. The zero-order valence-corrected chi connectivity index (χ0v) is 21.2. The Labute approximate surface area is 213 Å². The van der Waals surface area contributed by atoms with Gasteiger partial charge in [-0.25, -0.2) is 4.79 Å². The Bertz CT molecular complexity index is 1210. The van der Waals surface area contributed by atoms with Gasteiger partial charge in [-0.1, -0.05) is 19.1 Å². The van der Waals surface area contributed by atoms with Crippen LogP contribution in [-0.2, 0) is 14.3 Å². The van der Waals surface area contributed by atoms with Crippen LogP contribution < -0.4 is 5.32 Å². The lowest BCUT2D eigenvalue weighted by atomic mass is 9.51. The SMILES string of the molecule is C=CCSC1=C[C@]23C[C@H]4C[C@H](O[C@@]4(C)C2)[C@H]3[C@](C)(CCC(=O)Nc2c(O)ccc(C(=O)O)c2O)C1=O. The van der Waals surface area contributed by atoms with E-state index in [0.717, 1.165) is 36.3 Å². The van der Waals surface area contributed by atoms with Crippen molar-refractivity contribution in [2.45, 2.75) is 57.7 Å². The highest BCUT2D eigenvalue weighted by molar-refractivity contribution is 8.04. The van der Waals surface area contributed by atoms with Gasteiger partial charge >= 0.3 is 5.97 Å². The zero-order chi connectivity index (χ0) is 26.0. The highest BCUT2D eigenvalue weighted by atomic mass is 32.2. The minimum Gasteiger partial charge on any atom is -0.506 e. The zero-order valence-electron chi connectivity index (χ0n) is 20.4. The number of aromatic carboxylic acids is 1. The molecule has 192 valence electrons. The molecule has 2 aliphatic heterocycles. The number of nitrogens with one attached hydrogen (secondary N) is 1. The number of ether oxygens (including phenoxy) is 1. The number of Topliss-reactive ketones (excluding diaryl/α,β-unsaturated/α-hetero) is 1. The predicted octanol–water partition coefficient (Wildman–Crippen LogP) is 4.48. The highest BCUT2D eigenvalue weighted by Crippen LogP contribution is 2.72. The van der Waals surface area contributed by atoms with Crippen LogP contribution in [0, 0.1) is 22.7 Å². The molecule has 5 aliphatic rings. The fraction of sp³-hybridized carbons (Fsp3) is 0.519. The molecule has 2 heterocycles. The summed E-state index contributed by atoms with van der Waals surface area (Å²) in [5.41, 5.74) is -1.93. The van der Waals surface area contributed by atoms with Crippen LogP contribution in [0.1, 0.15) is 56.3 Å². The molecule has 6 atom stereocenters. The van der Waals surface area contributed by atoms with Gasteiger partial charge in [0.25, 0.3) is 0 Å². The van der Waals surface area contributed by atoms with Gasteiger partial charge in [0.15, 0.2) is 11.5 Å². The highest BCUT2D eigenvalue weighted by Gasteiger charge is 2.72. The average molecular weight is 514 g/mol. The molecule has 9 heteroatoms. The van der Waals surface area contributed by atoms with Crippen molar-refractivity contribution >= 4 is 35.1 Å². The van der Waals surface area contributed by atoms with Crippen molar-refractivity contribution in [2.24, 2.45) is 22.7 Å². The minimum atomic E-state index is -1.38. The van der Waals surface area contributed by atoms with Crippen molar-refractivity contribution < 1.29 is 34.4 Å². The number of carbonyl (C=O) groups excluding carboxylic acids is 2. The fourth-order valence-electron chi connectivity index (χ4n) is 7.47. The smallest absolute Gasteiger partial charge is 0.339 e. The largest absolute Gasteiger partial charge is 0.506 e. The summed E-state index contributed by atoms with van der Waals surface area (Å²) < 4.78 is 6.51. The van der Waals surface area contributed by atoms with Crippen molar-refractivity contribution in [3.63, 3.8) is 0 Å². The van der Waals surface area contributed by atoms with Gasteiger partial charge in [0.2, 0.25) is 5.91 Å². The Morgan fingerprint density at radius 1 is 1.31 bits per heavy atom. The summed E-state index contributed by atoms with van der Waals surface area (Å²) in [7, 11) is 0. The van der Waals surface area contributed by atoms with Crippen molar-refractivity contribution in [3.8, 4) is 11.5 Å². The standard InChI is InChI=1S/C27H31NO7S/c1-4-9-36-18-12-27-11-14-10-17(35-26(14,3)13-27)22(27)25(2,23(18)32)8-7-19(30)28-20-16(29)6-5-15(21(20)31)24(33)34/h4-6,12,14,17,22,29,31H,1,7-11,13H2,2-3H3,(H,28,30)(H,33,34)/t14-,17+,22+,25+,26+,27-/m1/s1. The first-order valence-electron chi connectivity index (χ1n) is 12.2. The van der Waals surface area contributed by atoms with Gasteiger partial charge < -0.3 is 25.4 Å². The van der Waals surface area contributed by atoms with Crippen LogP contribution in [0.3, 0.4) is 0 Å². The Morgan fingerprint density at radius 3 is 2.72 bits per heavy atom. The molecule has 0 unspecified atom stereocenters. The van der Waals surface area contributed by atoms with E-state index in [1.807, 2.05) is 6.92 Å². The van der Waals surface area contributed by atoms with Gasteiger partial charge in [-0.05, 0) is 56.1 Å². The number of ketones is 1. The molecular weight excluding hydrogens is 482 g/mol. The molecule has 1 amide bonds. The molecule has 2 saturated carbocycles. The summed E-state index contributed by atoms with van der Waals surface area (Å²) in [5.74, 6) is -2.01. The maximum absolute atomic E-state index is 13.9. The molecule has 1 aromatic carbocycles. The van der Waals surface area contributed by atoms with Crippen LogP contribution in [0.4, 0.5) is 5.69 Å². The third-order valence-corrected chi connectivity index (χ3v) is 9.84. The molecular formula is C27H31NO7S. The second-order valence-corrected chi connectivity index (χ2v) is 12.1. The lowest BCUT2D eigenvalue weighted by Gasteiger charge is -2.56. The number of aromatic hydroxyl groups is 2. The summed E-state index contributed by atoms with van der Waals surface area (Å²) >= 11 is 1.49. The summed E-state index contributed by atoms with van der Waals surface area (Å²) in [6.07, 6.45) is 6.90. The maximum Gasteiger partial charge on any atom is 0.339 e. The van der Waals surface area contributed by atoms with Gasteiger partial charge in [-0.15, -0.1) is 18.3 Å². The normalized spacial score (nSPS) is 35.9. The number of carboxylic acids is 1. The number of phenols is 2. The summed E-state index contributed by atoms with van der Waals surface area (Å²) in [6.45, 7) is 7.90. The number of rotatable bonds is 8. The average Bonchev–Trinajstić information content (AvgIpc) is 3.17. The number of hydrogen-bond acceptors (Lipinski definition) is 7. The molecule has 36 heavy (non-hydrogen) atoms. The van der Waals surface area contributed by atoms with Crippen LogP contribution in [0.15, 0.2) is 35.8 Å². The molecule has 4 bridgehead atoms. The number of amides is 1. The van der Waals surface area contributed by atoms with Crippen molar-refractivity contribution in [1.82, 2.24) is 0 Å². The van der Waals surface area contributed by atoms with E-state index in [-0.39, 0.29) is 47.4 Å². The van der Waals surface area contributed by atoms with E-state index in [0.29, 0.717) is 11.7 Å². The van der Waals surface area contributed by atoms with Gasteiger partial charge in [0.1, 0.15) is 17.0 Å². The summed E-state index contributed by atoms with van der Waals surface area (Å²) in [6, 6.07) is 2.16. The van der Waals surface area contributed by atoms with Crippen molar-refractivity contribution in [2.75, 3.05) is 11.1 Å². The quantitative estimate of drug-likeness (QED) is 0.295. The lowest BCUT2D eigenvalue weighted by Crippen LogP contribution is -2.57. The number of anilines is 1. The molecule has 1 spiro atoms. The van der Waals surface area contributed by atoms with E-state index < -0.39 is 34.4 Å². The van der Waals surface area contributed by atoms with Crippen LogP contribution in [0.5, 0.6) is 11.5 Å². The van der Waals surface area contributed by atoms with Crippen molar-refractivity contribution in [3.05, 3.63) is 41.3 Å².